The van der Waals surface area contributed by atoms with Crippen LogP contribution < -0.4 is 20.2 Å². The molecule has 0 unspecified atom stereocenters. The molecular formula is C24H22N4O4. The Balaban J connectivity index is 1.90. The third kappa shape index (κ3) is 6.02. The molecule has 2 amide bonds. The topological polar surface area (TPSA) is 102 Å². The van der Waals surface area contributed by atoms with Gasteiger partial charge in [-0.1, -0.05) is 24.3 Å². The Kier molecular flexibility index (Phi) is 7.69. The molecule has 162 valence electrons. The second-order valence-electron chi connectivity index (χ2n) is 6.44. The first-order chi connectivity index (χ1) is 15.6. The summed E-state index contributed by atoms with van der Waals surface area (Å²) < 4.78 is 10.6. The highest BCUT2D eigenvalue weighted by Gasteiger charge is 2.16. The van der Waals surface area contributed by atoms with Crippen LogP contribution in [0.15, 0.2) is 83.7 Å². The number of aromatic nitrogens is 1. The van der Waals surface area contributed by atoms with Crippen LogP contribution in [-0.2, 0) is 4.79 Å². The number of carbonyl (C=O) groups is 2. The molecule has 3 aromatic rings. The molecule has 0 fully saturated rings. The van der Waals surface area contributed by atoms with Gasteiger partial charge in [0.05, 0.1) is 26.1 Å². The Hall–Kier alpha value is -4.46. The summed E-state index contributed by atoms with van der Waals surface area (Å²) in [5.41, 5.74) is 3.90. The maximum atomic E-state index is 12.9. The number of amides is 2. The van der Waals surface area contributed by atoms with E-state index in [4.69, 9.17) is 9.47 Å². The average molecular weight is 430 g/mol. The van der Waals surface area contributed by atoms with Crippen LogP contribution in [0.25, 0.3) is 6.08 Å². The monoisotopic (exact) mass is 430 g/mol. The summed E-state index contributed by atoms with van der Waals surface area (Å²) in [5, 5.41) is 6.57. The number of nitrogens with zero attached hydrogens (tertiary/aromatic N) is 2. The third-order valence-electron chi connectivity index (χ3n) is 4.32. The number of benzene rings is 2. The Bertz CT molecular complexity index is 1130. The van der Waals surface area contributed by atoms with Crippen LogP contribution in [0, 0.1) is 0 Å². The lowest BCUT2D eigenvalue weighted by molar-refractivity contribution is -0.117. The maximum Gasteiger partial charge on any atom is 0.287 e. The van der Waals surface area contributed by atoms with Gasteiger partial charge in [-0.25, -0.2) is 5.43 Å². The highest BCUT2D eigenvalue weighted by atomic mass is 16.5. The molecule has 8 nitrogen and oxygen atoms in total. The number of methoxy groups -OCH3 is 2. The van der Waals surface area contributed by atoms with E-state index < -0.39 is 11.8 Å². The molecule has 0 atom stereocenters. The summed E-state index contributed by atoms with van der Waals surface area (Å²) in [6.07, 6.45) is 4.51. The van der Waals surface area contributed by atoms with Crippen molar-refractivity contribution in [3.8, 4) is 11.5 Å². The van der Waals surface area contributed by atoms with Crippen molar-refractivity contribution in [2.75, 3.05) is 14.2 Å². The lowest BCUT2D eigenvalue weighted by Gasteiger charge is -2.11. The van der Waals surface area contributed by atoms with Crippen LogP contribution in [0.1, 0.15) is 21.6 Å². The fourth-order valence-corrected chi connectivity index (χ4v) is 2.72. The minimum Gasteiger partial charge on any atom is -0.497 e. The van der Waals surface area contributed by atoms with Gasteiger partial charge < -0.3 is 14.8 Å². The fraction of sp³-hybridized carbons (Fsp3) is 0.0833. The van der Waals surface area contributed by atoms with Crippen molar-refractivity contribution >= 4 is 24.1 Å². The van der Waals surface area contributed by atoms with Crippen LogP contribution in [-0.4, -0.2) is 37.2 Å². The Morgan fingerprint density at radius 2 is 1.75 bits per heavy atom. The number of nitrogens with one attached hydrogen (secondary N) is 2. The molecule has 0 saturated carbocycles. The van der Waals surface area contributed by atoms with Gasteiger partial charge in [-0.3, -0.25) is 14.6 Å². The van der Waals surface area contributed by atoms with Crippen molar-refractivity contribution in [2.24, 2.45) is 5.10 Å². The Labute approximate surface area is 185 Å². The van der Waals surface area contributed by atoms with Gasteiger partial charge in [-0.15, -0.1) is 0 Å². The van der Waals surface area contributed by atoms with Crippen molar-refractivity contribution in [2.45, 2.75) is 0 Å². The van der Waals surface area contributed by atoms with E-state index in [0.717, 1.165) is 0 Å². The first-order valence-electron chi connectivity index (χ1n) is 9.65. The van der Waals surface area contributed by atoms with Gasteiger partial charge in [-0.05, 0) is 48.5 Å². The maximum absolute atomic E-state index is 12.9. The number of carbonyl (C=O) groups excluding carboxylic acids is 2. The minimum absolute atomic E-state index is 0.0245. The smallest absolute Gasteiger partial charge is 0.287 e. The molecule has 0 radical (unpaired) electrons. The molecule has 0 bridgehead atoms. The van der Waals surface area contributed by atoms with Crippen molar-refractivity contribution in [1.82, 2.24) is 15.7 Å². The van der Waals surface area contributed by atoms with Crippen molar-refractivity contribution in [1.29, 1.82) is 0 Å². The average Bonchev–Trinajstić information content (AvgIpc) is 2.84. The molecule has 0 aliphatic heterocycles. The molecule has 1 heterocycles. The van der Waals surface area contributed by atoms with Gasteiger partial charge in [0, 0.05) is 17.3 Å². The van der Waals surface area contributed by atoms with E-state index in [-0.39, 0.29) is 5.70 Å². The normalized spacial score (nSPS) is 11.1. The van der Waals surface area contributed by atoms with Gasteiger partial charge in [-0.2, -0.15) is 5.10 Å². The zero-order valence-electron chi connectivity index (χ0n) is 17.6. The van der Waals surface area contributed by atoms with E-state index in [1.807, 2.05) is 0 Å². The summed E-state index contributed by atoms with van der Waals surface area (Å²) in [6.45, 7) is 0. The molecule has 32 heavy (non-hydrogen) atoms. The third-order valence-corrected chi connectivity index (χ3v) is 4.32. The zero-order valence-corrected chi connectivity index (χ0v) is 17.6. The molecule has 0 saturated heterocycles. The molecule has 2 N–H and O–H groups in total. The van der Waals surface area contributed by atoms with Crippen LogP contribution in [0.2, 0.25) is 0 Å². The first kappa shape index (κ1) is 22.2. The number of pyridine rings is 1. The predicted molar refractivity (Wildman–Crippen MR) is 121 cm³/mol. The molecule has 3 rings (SSSR count). The Morgan fingerprint density at radius 3 is 2.44 bits per heavy atom. The van der Waals surface area contributed by atoms with E-state index in [9.17, 15) is 9.59 Å². The quantitative estimate of drug-likeness (QED) is 0.325. The lowest BCUT2D eigenvalue weighted by Crippen LogP contribution is -2.32. The molecule has 0 spiro atoms. The highest BCUT2D eigenvalue weighted by molar-refractivity contribution is 6.05. The predicted octanol–water partition coefficient (Wildman–Crippen LogP) is 3.02. The first-order valence-corrected chi connectivity index (χ1v) is 9.65. The second kappa shape index (κ2) is 11.1. The van der Waals surface area contributed by atoms with Crippen molar-refractivity contribution in [3.05, 3.63) is 95.4 Å². The molecule has 0 aliphatic carbocycles. The molecular weight excluding hydrogens is 408 g/mol. The lowest BCUT2D eigenvalue weighted by atomic mass is 10.1. The Morgan fingerprint density at radius 1 is 0.969 bits per heavy atom. The highest BCUT2D eigenvalue weighted by Crippen LogP contribution is 2.26. The van der Waals surface area contributed by atoms with E-state index in [2.05, 4.69) is 20.8 Å². The minimum atomic E-state index is -0.619. The molecule has 1 aromatic heterocycles. The second-order valence-corrected chi connectivity index (χ2v) is 6.44. The SMILES string of the molecule is COc1ccc(OC)c(/C=C(\NC(=O)c2ccccc2)C(=O)N/N=C/c2ccccn2)c1. The van der Waals surface area contributed by atoms with Crippen molar-refractivity contribution < 1.29 is 19.1 Å². The largest absolute Gasteiger partial charge is 0.497 e. The van der Waals surface area contributed by atoms with Gasteiger partial charge in [0.2, 0.25) is 0 Å². The molecule has 0 aliphatic rings. The van der Waals surface area contributed by atoms with Crippen LogP contribution in [0.4, 0.5) is 0 Å². The number of hydrogen-bond acceptors (Lipinski definition) is 6. The summed E-state index contributed by atoms with van der Waals surface area (Å²) in [5.74, 6) is 0.00955. The van der Waals surface area contributed by atoms with Crippen molar-refractivity contribution in [3.63, 3.8) is 0 Å². The standard InChI is InChI=1S/C24H22N4O4/c1-31-20-11-12-22(32-2)18(14-20)15-21(27-23(29)17-8-4-3-5-9-17)24(30)28-26-16-19-10-6-7-13-25-19/h3-16H,1-2H3,(H,27,29)(H,28,30)/b21-15-,26-16+. The van der Waals surface area contributed by atoms with Gasteiger partial charge in [0.1, 0.15) is 17.2 Å². The number of hydrazone groups is 1. The van der Waals surface area contributed by atoms with Gasteiger partial charge in [0.25, 0.3) is 11.8 Å². The summed E-state index contributed by atoms with van der Waals surface area (Å²) >= 11 is 0. The zero-order chi connectivity index (χ0) is 22.8. The van der Waals surface area contributed by atoms with Crippen LogP contribution in [0.3, 0.4) is 0 Å². The van der Waals surface area contributed by atoms with Gasteiger partial charge in [0.15, 0.2) is 0 Å². The number of ether oxygens (including phenoxy) is 2. The molecule has 8 heteroatoms. The van der Waals surface area contributed by atoms with E-state index in [1.54, 1.807) is 72.9 Å². The number of rotatable bonds is 8. The van der Waals surface area contributed by atoms with Crippen LogP contribution in [0.5, 0.6) is 11.5 Å². The van der Waals surface area contributed by atoms with E-state index in [0.29, 0.717) is 28.3 Å². The summed E-state index contributed by atoms with van der Waals surface area (Å²) in [7, 11) is 3.05. The fourth-order valence-electron chi connectivity index (χ4n) is 2.72. The van der Waals surface area contributed by atoms with Gasteiger partial charge >= 0.3 is 0 Å². The summed E-state index contributed by atoms with van der Waals surface area (Å²) in [6, 6.07) is 19.0. The van der Waals surface area contributed by atoms with Crippen LogP contribution >= 0.6 is 0 Å². The number of hydrogen-bond donors (Lipinski definition) is 2. The molecule has 2 aromatic carbocycles. The van der Waals surface area contributed by atoms with E-state index in [1.165, 1.54) is 26.5 Å². The van der Waals surface area contributed by atoms with E-state index >= 15 is 0 Å². The summed E-state index contributed by atoms with van der Waals surface area (Å²) in [4.78, 5) is 29.6.